The second-order valence-electron chi connectivity index (χ2n) is 7.46. The molecule has 0 saturated carbocycles. The maximum absolute atomic E-state index is 12.4. The van der Waals surface area contributed by atoms with E-state index in [2.05, 4.69) is 5.92 Å². The van der Waals surface area contributed by atoms with Crippen molar-refractivity contribution in [3.05, 3.63) is 0 Å². The van der Waals surface area contributed by atoms with Gasteiger partial charge in [0.15, 0.2) is 0 Å². The molecule has 0 aromatic carbocycles. The molecule has 0 heterocycles. The number of hydrogen-bond donors (Lipinski definition) is 0. The summed E-state index contributed by atoms with van der Waals surface area (Å²) in [4.78, 5) is 38.9. The fraction of sp³-hybridized carbons (Fsp3) is 0.737. The Morgan fingerprint density at radius 1 is 1.08 bits per heavy atom. The number of esters is 1. The first-order valence-corrected chi connectivity index (χ1v) is 8.65. The predicted molar refractivity (Wildman–Crippen MR) is 97.6 cm³/mol. The van der Waals surface area contributed by atoms with Crippen LogP contribution in [0.15, 0.2) is 0 Å². The van der Waals surface area contributed by atoms with Gasteiger partial charge in [0.25, 0.3) is 0 Å². The highest BCUT2D eigenvalue weighted by Crippen LogP contribution is 2.09. The Balaban J connectivity index is 4.60. The van der Waals surface area contributed by atoms with Crippen molar-refractivity contribution in [3.8, 4) is 12.3 Å². The Morgan fingerprint density at radius 3 is 2.08 bits per heavy atom. The van der Waals surface area contributed by atoms with E-state index in [-0.39, 0.29) is 43.7 Å². The van der Waals surface area contributed by atoms with Crippen molar-refractivity contribution in [3.63, 3.8) is 0 Å². The molecule has 0 atom stereocenters. The highest BCUT2D eigenvalue weighted by Gasteiger charge is 2.20. The minimum Gasteiger partial charge on any atom is -0.460 e. The molecule has 0 aromatic rings. The lowest BCUT2D eigenvalue weighted by Crippen LogP contribution is -2.39. The van der Waals surface area contributed by atoms with Crippen LogP contribution in [0.25, 0.3) is 0 Å². The number of amides is 2. The van der Waals surface area contributed by atoms with Gasteiger partial charge in [-0.3, -0.25) is 14.4 Å². The topological polar surface area (TPSA) is 66.9 Å². The van der Waals surface area contributed by atoms with Crippen molar-refractivity contribution >= 4 is 17.8 Å². The Hall–Kier alpha value is -2.03. The van der Waals surface area contributed by atoms with Gasteiger partial charge in [-0.25, -0.2) is 0 Å². The molecule has 0 saturated heterocycles. The quantitative estimate of drug-likeness (QED) is 0.471. The number of carbonyl (C=O) groups excluding carboxylic acids is 3. The average Bonchev–Trinajstić information content (AvgIpc) is 2.44. The lowest BCUT2D eigenvalue weighted by Gasteiger charge is -2.26. The molecule has 0 rings (SSSR count). The predicted octanol–water partition coefficient (Wildman–Crippen LogP) is 2.07. The third kappa shape index (κ3) is 11.2. The molecule has 6 heteroatoms. The SMILES string of the molecule is C#CCN(CCC(=O)OC(C)(C)C)C(=O)CCN(CC(C)C)C(C)=O. The van der Waals surface area contributed by atoms with Crippen LogP contribution in [0.1, 0.15) is 54.4 Å². The summed E-state index contributed by atoms with van der Waals surface area (Å²) < 4.78 is 5.24. The van der Waals surface area contributed by atoms with Gasteiger partial charge in [-0.1, -0.05) is 19.8 Å². The molecule has 2 amide bonds. The fourth-order valence-corrected chi connectivity index (χ4v) is 2.23. The zero-order chi connectivity index (χ0) is 19.6. The standard InChI is InChI=1S/C19H32N2O4/c1-8-11-20(13-10-18(24)25-19(5,6)7)17(23)9-12-21(16(4)22)14-15(2)3/h1,15H,9-14H2,2-7H3. The summed E-state index contributed by atoms with van der Waals surface area (Å²) >= 11 is 0. The van der Waals surface area contributed by atoms with Gasteiger partial charge in [0.05, 0.1) is 13.0 Å². The second kappa shape index (κ2) is 10.8. The van der Waals surface area contributed by atoms with Crippen molar-refractivity contribution in [2.45, 2.75) is 60.0 Å². The molecule has 0 aliphatic carbocycles. The van der Waals surface area contributed by atoms with Crippen LogP contribution in [0.3, 0.4) is 0 Å². The molecule has 0 aliphatic rings. The first kappa shape index (κ1) is 23.0. The molecule has 0 radical (unpaired) electrons. The highest BCUT2D eigenvalue weighted by molar-refractivity contribution is 5.79. The molecule has 25 heavy (non-hydrogen) atoms. The van der Waals surface area contributed by atoms with E-state index in [0.29, 0.717) is 19.0 Å². The molecular weight excluding hydrogens is 320 g/mol. The first-order chi connectivity index (χ1) is 11.5. The van der Waals surface area contributed by atoms with E-state index in [9.17, 15) is 14.4 Å². The number of terminal acetylenes is 1. The van der Waals surface area contributed by atoms with Crippen LogP contribution in [0.2, 0.25) is 0 Å². The zero-order valence-electron chi connectivity index (χ0n) is 16.4. The molecule has 0 unspecified atom stereocenters. The van der Waals surface area contributed by atoms with E-state index in [0.717, 1.165) is 0 Å². The monoisotopic (exact) mass is 352 g/mol. The van der Waals surface area contributed by atoms with Crippen molar-refractivity contribution < 1.29 is 19.1 Å². The van der Waals surface area contributed by atoms with Gasteiger partial charge in [0, 0.05) is 33.0 Å². The molecule has 142 valence electrons. The summed E-state index contributed by atoms with van der Waals surface area (Å²) in [5.74, 6) is 2.17. The zero-order valence-corrected chi connectivity index (χ0v) is 16.4. The minimum atomic E-state index is -0.559. The van der Waals surface area contributed by atoms with E-state index < -0.39 is 5.60 Å². The highest BCUT2D eigenvalue weighted by atomic mass is 16.6. The van der Waals surface area contributed by atoms with Gasteiger partial charge < -0.3 is 14.5 Å². The van der Waals surface area contributed by atoms with Crippen LogP contribution in [0.5, 0.6) is 0 Å². The third-order valence-electron chi connectivity index (χ3n) is 3.27. The summed E-state index contributed by atoms with van der Waals surface area (Å²) in [7, 11) is 0. The number of nitrogens with zero attached hydrogens (tertiary/aromatic N) is 2. The van der Waals surface area contributed by atoms with Crippen LogP contribution in [-0.2, 0) is 19.1 Å². The van der Waals surface area contributed by atoms with E-state index in [1.54, 1.807) is 25.7 Å². The first-order valence-electron chi connectivity index (χ1n) is 8.65. The van der Waals surface area contributed by atoms with Crippen molar-refractivity contribution in [2.24, 2.45) is 5.92 Å². The van der Waals surface area contributed by atoms with E-state index in [1.165, 1.54) is 11.8 Å². The summed E-state index contributed by atoms with van der Waals surface area (Å²) in [5.41, 5.74) is -0.559. The molecule has 0 spiro atoms. The fourth-order valence-electron chi connectivity index (χ4n) is 2.23. The molecule has 0 fully saturated rings. The van der Waals surface area contributed by atoms with Crippen LogP contribution in [0.4, 0.5) is 0 Å². The number of ether oxygens (including phenoxy) is 1. The number of hydrogen-bond acceptors (Lipinski definition) is 4. The largest absolute Gasteiger partial charge is 0.460 e. The minimum absolute atomic E-state index is 0.0567. The van der Waals surface area contributed by atoms with Gasteiger partial charge in [-0.2, -0.15) is 0 Å². The van der Waals surface area contributed by atoms with Crippen LogP contribution < -0.4 is 0 Å². The molecule has 0 aliphatic heterocycles. The summed E-state index contributed by atoms with van der Waals surface area (Å²) in [6, 6.07) is 0. The Kier molecular flexibility index (Phi) is 9.88. The molecule has 0 bridgehead atoms. The molecular formula is C19H32N2O4. The Labute approximate surface area is 151 Å². The normalized spacial score (nSPS) is 11.0. The Morgan fingerprint density at radius 2 is 1.64 bits per heavy atom. The molecule has 0 N–H and O–H groups in total. The molecule has 0 aromatic heterocycles. The lowest BCUT2D eigenvalue weighted by atomic mass is 10.2. The molecule has 6 nitrogen and oxygen atoms in total. The van der Waals surface area contributed by atoms with Gasteiger partial charge in [0.2, 0.25) is 11.8 Å². The van der Waals surface area contributed by atoms with Crippen LogP contribution in [0, 0.1) is 18.3 Å². The maximum Gasteiger partial charge on any atom is 0.308 e. The van der Waals surface area contributed by atoms with Gasteiger partial charge in [-0.05, 0) is 26.7 Å². The summed E-state index contributed by atoms with van der Waals surface area (Å²) in [6.07, 6.45) is 5.59. The van der Waals surface area contributed by atoms with Gasteiger partial charge in [0.1, 0.15) is 5.60 Å². The second-order valence-corrected chi connectivity index (χ2v) is 7.46. The van der Waals surface area contributed by atoms with Crippen molar-refractivity contribution in [2.75, 3.05) is 26.2 Å². The van der Waals surface area contributed by atoms with Crippen LogP contribution >= 0.6 is 0 Å². The number of carbonyl (C=O) groups is 3. The average molecular weight is 352 g/mol. The van der Waals surface area contributed by atoms with E-state index >= 15 is 0 Å². The van der Waals surface area contributed by atoms with E-state index in [1.807, 2.05) is 13.8 Å². The van der Waals surface area contributed by atoms with Crippen LogP contribution in [-0.4, -0.2) is 59.4 Å². The van der Waals surface area contributed by atoms with Gasteiger partial charge >= 0.3 is 5.97 Å². The Bertz CT molecular complexity index is 501. The van der Waals surface area contributed by atoms with E-state index in [4.69, 9.17) is 11.2 Å². The smallest absolute Gasteiger partial charge is 0.308 e. The maximum atomic E-state index is 12.4. The van der Waals surface area contributed by atoms with Gasteiger partial charge in [-0.15, -0.1) is 6.42 Å². The number of rotatable bonds is 9. The lowest BCUT2D eigenvalue weighted by molar-refractivity contribution is -0.155. The summed E-state index contributed by atoms with van der Waals surface area (Å²) in [5, 5.41) is 0. The summed E-state index contributed by atoms with van der Waals surface area (Å²) in [6.45, 7) is 12.2. The van der Waals surface area contributed by atoms with Crippen molar-refractivity contribution in [1.82, 2.24) is 9.80 Å². The van der Waals surface area contributed by atoms with Crippen molar-refractivity contribution in [1.29, 1.82) is 0 Å². The third-order valence-corrected chi connectivity index (χ3v) is 3.27.